The Morgan fingerprint density at radius 3 is 2.27 bits per heavy atom. The van der Waals surface area contributed by atoms with E-state index in [1.165, 1.54) is 0 Å². The standard InChI is InChI=1S/C7H4Cl2N4O2/c8-5-4(6(10)12-7(9)11-5)13-2(14)1-3(13)15/h1H2,(H2,10,11,12). The van der Waals surface area contributed by atoms with Gasteiger partial charge in [0.05, 0.1) is 0 Å². The summed E-state index contributed by atoms with van der Waals surface area (Å²) in [4.78, 5) is 30.3. The number of nitrogens with two attached hydrogens (primary N) is 1. The molecule has 2 N–H and O–H groups in total. The van der Waals surface area contributed by atoms with Crippen LogP contribution < -0.4 is 10.6 Å². The number of amides is 2. The van der Waals surface area contributed by atoms with Crippen molar-refractivity contribution in [1.82, 2.24) is 9.97 Å². The van der Waals surface area contributed by atoms with Crippen molar-refractivity contribution in [2.75, 3.05) is 10.6 Å². The Morgan fingerprint density at radius 2 is 1.80 bits per heavy atom. The molecule has 0 spiro atoms. The lowest BCUT2D eigenvalue weighted by atomic mass is 10.1. The van der Waals surface area contributed by atoms with E-state index >= 15 is 0 Å². The van der Waals surface area contributed by atoms with E-state index in [2.05, 4.69) is 9.97 Å². The summed E-state index contributed by atoms with van der Waals surface area (Å²) in [5.74, 6) is -0.875. The number of hydrogen-bond donors (Lipinski definition) is 1. The van der Waals surface area contributed by atoms with E-state index in [-0.39, 0.29) is 40.2 Å². The summed E-state index contributed by atoms with van der Waals surface area (Å²) in [6, 6.07) is 0. The first kappa shape index (κ1) is 10.1. The highest BCUT2D eigenvalue weighted by Gasteiger charge is 2.39. The largest absolute Gasteiger partial charge is 0.382 e. The van der Waals surface area contributed by atoms with Gasteiger partial charge >= 0.3 is 0 Å². The smallest absolute Gasteiger partial charge is 0.243 e. The first-order valence-electron chi connectivity index (χ1n) is 3.85. The van der Waals surface area contributed by atoms with Gasteiger partial charge in [0.25, 0.3) is 0 Å². The van der Waals surface area contributed by atoms with Gasteiger partial charge in [-0.2, -0.15) is 4.98 Å². The van der Waals surface area contributed by atoms with Gasteiger partial charge in [-0.05, 0) is 11.6 Å². The molecule has 1 fully saturated rings. The molecule has 1 aromatic rings. The van der Waals surface area contributed by atoms with Gasteiger partial charge in [-0.25, -0.2) is 9.88 Å². The van der Waals surface area contributed by atoms with Crippen LogP contribution in [0.15, 0.2) is 0 Å². The van der Waals surface area contributed by atoms with Crippen LogP contribution >= 0.6 is 23.2 Å². The number of aromatic nitrogens is 2. The number of anilines is 2. The molecular formula is C7H4Cl2N4O2. The average molecular weight is 247 g/mol. The minimum atomic E-state index is -0.389. The van der Waals surface area contributed by atoms with Crippen molar-refractivity contribution in [2.45, 2.75) is 6.42 Å². The Balaban J connectivity index is 2.53. The van der Waals surface area contributed by atoms with Gasteiger partial charge in [0.2, 0.25) is 17.1 Å². The van der Waals surface area contributed by atoms with Crippen LogP contribution in [-0.2, 0) is 9.59 Å². The van der Waals surface area contributed by atoms with Crippen molar-refractivity contribution >= 4 is 46.5 Å². The molecule has 2 heterocycles. The van der Waals surface area contributed by atoms with Crippen LogP contribution in [0.5, 0.6) is 0 Å². The van der Waals surface area contributed by atoms with Crippen molar-refractivity contribution in [3.05, 3.63) is 10.4 Å². The number of imide groups is 1. The molecule has 2 amide bonds. The van der Waals surface area contributed by atoms with Gasteiger partial charge < -0.3 is 5.73 Å². The topological polar surface area (TPSA) is 89.2 Å². The number of carbonyl (C=O) groups is 2. The second-order valence-electron chi connectivity index (χ2n) is 2.82. The van der Waals surface area contributed by atoms with Crippen LogP contribution in [0.2, 0.25) is 10.4 Å². The lowest BCUT2D eigenvalue weighted by molar-refractivity contribution is -0.136. The van der Waals surface area contributed by atoms with Gasteiger partial charge in [0, 0.05) is 0 Å². The van der Waals surface area contributed by atoms with E-state index in [9.17, 15) is 9.59 Å². The third-order valence-corrected chi connectivity index (χ3v) is 2.30. The van der Waals surface area contributed by atoms with Gasteiger partial charge in [-0.1, -0.05) is 11.6 Å². The Kier molecular flexibility index (Phi) is 2.24. The molecule has 78 valence electrons. The SMILES string of the molecule is Nc1nc(Cl)nc(Cl)c1N1C(=O)CC1=O. The quantitative estimate of drug-likeness (QED) is 0.340. The fourth-order valence-electron chi connectivity index (χ4n) is 1.21. The van der Waals surface area contributed by atoms with Crippen molar-refractivity contribution in [3.8, 4) is 0 Å². The van der Waals surface area contributed by atoms with Gasteiger partial charge in [0.15, 0.2) is 11.0 Å². The Labute approximate surface area is 94.0 Å². The fourth-order valence-corrected chi connectivity index (χ4v) is 1.69. The number of halogens is 2. The molecule has 0 atom stereocenters. The van der Waals surface area contributed by atoms with Crippen LogP contribution in [0.1, 0.15) is 6.42 Å². The normalized spacial score (nSPS) is 15.5. The molecule has 1 aromatic heterocycles. The maximum Gasteiger partial charge on any atom is 0.243 e. The number of nitrogen functional groups attached to an aromatic ring is 1. The van der Waals surface area contributed by atoms with Gasteiger partial charge in [0.1, 0.15) is 12.1 Å². The number of carbonyl (C=O) groups excluding carboxylic acids is 2. The number of hydrogen-bond acceptors (Lipinski definition) is 5. The summed E-state index contributed by atoms with van der Waals surface area (Å²) in [7, 11) is 0. The zero-order valence-electron chi connectivity index (χ0n) is 7.20. The molecule has 0 bridgehead atoms. The van der Waals surface area contributed by atoms with Crippen molar-refractivity contribution < 1.29 is 9.59 Å². The monoisotopic (exact) mass is 246 g/mol. The molecule has 1 aliphatic rings. The predicted molar refractivity (Wildman–Crippen MR) is 53.6 cm³/mol. The molecule has 2 rings (SSSR count). The van der Waals surface area contributed by atoms with Gasteiger partial charge in [-0.15, -0.1) is 0 Å². The lowest BCUT2D eigenvalue weighted by Crippen LogP contribution is -2.49. The zero-order valence-corrected chi connectivity index (χ0v) is 8.71. The highest BCUT2D eigenvalue weighted by molar-refractivity contribution is 6.39. The highest BCUT2D eigenvalue weighted by Crippen LogP contribution is 2.34. The molecule has 1 saturated heterocycles. The summed E-state index contributed by atoms with van der Waals surface area (Å²) in [6.45, 7) is 0. The molecule has 6 nitrogen and oxygen atoms in total. The molecule has 8 heteroatoms. The van der Waals surface area contributed by atoms with Crippen LogP contribution in [0.4, 0.5) is 11.5 Å². The minimum absolute atomic E-state index is 0.00215. The van der Waals surface area contributed by atoms with Crippen molar-refractivity contribution in [2.24, 2.45) is 0 Å². The second-order valence-corrected chi connectivity index (χ2v) is 3.51. The molecule has 0 saturated carbocycles. The van der Waals surface area contributed by atoms with Gasteiger partial charge in [-0.3, -0.25) is 9.59 Å². The summed E-state index contributed by atoms with van der Waals surface area (Å²) in [6.07, 6.45) is -0.154. The van der Waals surface area contributed by atoms with Crippen molar-refractivity contribution in [3.63, 3.8) is 0 Å². The minimum Gasteiger partial charge on any atom is -0.382 e. The Hall–Kier alpha value is -1.40. The van der Waals surface area contributed by atoms with Crippen LogP contribution in [0, 0.1) is 0 Å². The predicted octanol–water partition coefficient (Wildman–Crippen LogP) is 0.629. The maximum absolute atomic E-state index is 11.1. The zero-order chi connectivity index (χ0) is 11.2. The van der Waals surface area contributed by atoms with E-state index in [4.69, 9.17) is 28.9 Å². The number of β-lactam (4-membered cyclic amide) rings is 2. The summed E-state index contributed by atoms with van der Waals surface area (Å²) < 4.78 is 0. The Bertz CT molecular complexity index is 439. The molecule has 1 aliphatic heterocycles. The second kappa shape index (κ2) is 3.32. The first-order chi connectivity index (χ1) is 7.00. The van der Waals surface area contributed by atoms with Crippen LogP contribution in [-0.4, -0.2) is 21.8 Å². The average Bonchev–Trinajstić information content (AvgIpc) is 2.11. The molecule has 15 heavy (non-hydrogen) atoms. The van der Waals surface area contributed by atoms with E-state index in [0.717, 1.165) is 4.90 Å². The molecular weight excluding hydrogens is 243 g/mol. The molecule has 0 aliphatic carbocycles. The van der Waals surface area contributed by atoms with E-state index in [1.54, 1.807) is 0 Å². The number of rotatable bonds is 1. The first-order valence-corrected chi connectivity index (χ1v) is 4.60. The van der Waals surface area contributed by atoms with E-state index in [0.29, 0.717) is 0 Å². The van der Waals surface area contributed by atoms with E-state index < -0.39 is 0 Å². The van der Waals surface area contributed by atoms with Crippen LogP contribution in [0.3, 0.4) is 0 Å². The molecule has 0 aromatic carbocycles. The van der Waals surface area contributed by atoms with Crippen LogP contribution in [0.25, 0.3) is 0 Å². The third-order valence-electron chi connectivity index (χ3n) is 1.87. The maximum atomic E-state index is 11.1. The summed E-state index contributed by atoms with van der Waals surface area (Å²) in [5.41, 5.74) is 5.49. The number of nitrogens with zero attached hydrogens (tertiary/aromatic N) is 3. The molecule has 0 unspecified atom stereocenters. The third kappa shape index (κ3) is 1.51. The van der Waals surface area contributed by atoms with Crippen molar-refractivity contribution in [1.29, 1.82) is 0 Å². The summed E-state index contributed by atoms with van der Waals surface area (Å²) in [5, 5.41) is -0.254. The summed E-state index contributed by atoms with van der Waals surface area (Å²) >= 11 is 11.2. The van der Waals surface area contributed by atoms with E-state index in [1.807, 2.05) is 0 Å². The molecule has 0 radical (unpaired) electrons. The fraction of sp³-hybridized carbons (Fsp3) is 0.143. The lowest BCUT2D eigenvalue weighted by Gasteiger charge is -2.28. The Morgan fingerprint density at radius 1 is 1.20 bits per heavy atom. The highest BCUT2D eigenvalue weighted by atomic mass is 35.5.